The standard InChI is InChI=1S/C13H21N5S/c1-4-18(5-2)13-15-10-12(19-13)9-14-8-11-6-7-16-17(11)3/h6-7,10,14H,4-5,8-9H2,1-3H3. The minimum absolute atomic E-state index is 0.828. The Morgan fingerprint density at radius 2 is 2.11 bits per heavy atom. The van der Waals surface area contributed by atoms with Gasteiger partial charge in [0.1, 0.15) is 0 Å². The highest BCUT2D eigenvalue weighted by Gasteiger charge is 2.07. The lowest BCUT2D eigenvalue weighted by molar-refractivity contribution is 0.629. The number of nitrogens with one attached hydrogen (secondary N) is 1. The Bertz CT molecular complexity index is 501. The summed E-state index contributed by atoms with van der Waals surface area (Å²) in [5.74, 6) is 0. The molecule has 0 spiro atoms. The predicted octanol–water partition coefficient (Wildman–Crippen LogP) is 2.01. The molecule has 0 fully saturated rings. The molecule has 104 valence electrons. The van der Waals surface area contributed by atoms with E-state index in [0.29, 0.717) is 0 Å². The number of aromatic nitrogens is 3. The number of nitrogens with zero attached hydrogens (tertiary/aromatic N) is 4. The molecule has 0 aliphatic carbocycles. The van der Waals surface area contributed by atoms with E-state index in [9.17, 15) is 0 Å². The average molecular weight is 279 g/mol. The van der Waals surface area contributed by atoms with Gasteiger partial charge >= 0.3 is 0 Å². The second-order valence-electron chi connectivity index (χ2n) is 4.33. The topological polar surface area (TPSA) is 46.0 Å². The van der Waals surface area contributed by atoms with Gasteiger partial charge in [-0.3, -0.25) is 4.68 Å². The molecule has 6 heteroatoms. The van der Waals surface area contributed by atoms with Crippen LogP contribution in [0.5, 0.6) is 0 Å². The summed E-state index contributed by atoms with van der Waals surface area (Å²) < 4.78 is 1.89. The van der Waals surface area contributed by atoms with Gasteiger partial charge in [0.05, 0.1) is 5.69 Å². The third-order valence-corrected chi connectivity index (χ3v) is 4.16. The van der Waals surface area contributed by atoms with Crippen molar-refractivity contribution < 1.29 is 0 Å². The van der Waals surface area contributed by atoms with Crippen molar-refractivity contribution in [3.8, 4) is 0 Å². The Kier molecular flexibility index (Phi) is 4.93. The summed E-state index contributed by atoms with van der Waals surface area (Å²) in [6.07, 6.45) is 3.79. The number of hydrogen-bond acceptors (Lipinski definition) is 5. The van der Waals surface area contributed by atoms with Crippen LogP contribution in [0.25, 0.3) is 0 Å². The van der Waals surface area contributed by atoms with E-state index in [1.807, 2.05) is 30.2 Å². The van der Waals surface area contributed by atoms with E-state index in [4.69, 9.17) is 0 Å². The lowest BCUT2D eigenvalue weighted by Crippen LogP contribution is -2.21. The molecule has 5 nitrogen and oxygen atoms in total. The van der Waals surface area contributed by atoms with E-state index in [-0.39, 0.29) is 0 Å². The number of anilines is 1. The van der Waals surface area contributed by atoms with Gasteiger partial charge in [-0.1, -0.05) is 0 Å². The lowest BCUT2D eigenvalue weighted by atomic mass is 10.4. The van der Waals surface area contributed by atoms with Gasteiger partial charge in [0, 0.05) is 50.5 Å². The van der Waals surface area contributed by atoms with E-state index in [1.54, 1.807) is 11.3 Å². The minimum Gasteiger partial charge on any atom is -0.349 e. The van der Waals surface area contributed by atoms with Gasteiger partial charge in [0.2, 0.25) is 0 Å². The molecule has 0 aliphatic heterocycles. The molecule has 0 saturated heterocycles. The first-order chi connectivity index (χ1) is 9.24. The number of thiazole rings is 1. The van der Waals surface area contributed by atoms with E-state index in [2.05, 4.69) is 34.1 Å². The van der Waals surface area contributed by atoms with Crippen molar-refractivity contribution in [2.75, 3.05) is 18.0 Å². The summed E-state index contributed by atoms with van der Waals surface area (Å²) in [5.41, 5.74) is 1.19. The third-order valence-electron chi connectivity index (χ3n) is 3.10. The molecule has 2 aromatic heterocycles. The Morgan fingerprint density at radius 1 is 1.32 bits per heavy atom. The maximum Gasteiger partial charge on any atom is 0.185 e. The molecule has 0 saturated carbocycles. The van der Waals surface area contributed by atoms with Gasteiger partial charge in [-0.25, -0.2) is 4.98 Å². The number of aryl methyl sites for hydroxylation is 1. The van der Waals surface area contributed by atoms with E-state index < -0.39 is 0 Å². The molecule has 0 aromatic carbocycles. The smallest absolute Gasteiger partial charge is 0.185 e. The zero-order chi connectivity index (χ0) is 13.7. The first-order valence-electron chi connectivity index (χ1n) is 6.61. The van der Waals surface area contributed by atoms with Crippen molar-refractivity contribution in [1.82, 2.24) is 20.1 Å². The van der Waals surface area contributed by atoms with Gasteiger partial charge < -0.3 is 10.2 Å². The van der Waals surface area contributed by atoms with Crippen molar-refractivity contribution in [2.45, 2.75) is 26.9 Å². The molecule has 19 heavy (non-hydrogen) atoms. The van der Waals surface area contributed by atoms with Gasteiger partial charge in [-0.2, -0.15) is 5.10 Å². The summed E-state index contributed by atoms with van der Waals surface area (Å²) >= 11 is 1.76. The Labute approximate surface area is 118 Å². The highest BCUT2D eigenvalue weighted by Crippen LogP contribution is 2.22. The SMILES string of the molecule is CCN(CC)c1ncc(CNCc2ccnn2C)s1. The summed E-state index contributed by atoms with van der Waals surface area (Å²) in [4.78, 5) is 8.02. The van der Waals surface area contributed by atoms with Crippen LogP contribution >= 0.6 is 11.3 Å². The van der Waals surface area contributed by atoms with Gasteiger partial charge in [-0.05, 0) is 19.9 Å². The van der Waals surface area contributed by atoms with Crippen LogP contribution in [0.15, 0.2) is 18.5 Å². The minimum atomic E-state index is 0.828. The van der Waals surface area contributed by atoms with Crippen molar-refractivity contribution in [3.05, 3.63) is 29.0 Å². The molecule has 0 aliphatic rings. The van der Waals surface area contributed by atoms with Crippen molar-refractivity contribution in [3.63, 3.8) is 0 Å². The van der Waals surface area contributed by atoms with Crippen LogP contribution in [0.1, 0.15) is 24.4 Å². The van der Waals surface area contributed by atoms with Crippen molar-refractivity contribution in [2.24, 2.45) is 7.05 Å². The molecule has 2 heterocycles. The quantitative estimate of drug-likeness (QED) is 0.842. The molecular weight excluding hydrogens is 258 g/mol. The molecule has 0 bridgehead atoms. The molecule has 1 N–H and O–H groups in total. The monoisotopic (exact) mass is 279 g/mol. The maximum atomic E-state index is 4.48. The van der Waals surface area contributed by atoms with Crippen LogP contribution in [-0.4, -0.2) is 27.9 Å². The third kappa shape index (κ3) is 3.54. The molecule has 2 aromatic rings. The zero-order valence-corrected chi connectivity index (χ0v) is 12.6. The largest absolute Gasteiger partial charge is 0.349 e. The maximum absolute atomic E-state index is 4.48. The highest BCUT2D eigenvalue weighted by atomic mass is 32.1. The van der Waals surface area contributed by atoms with Crippen LogP contribution in [0.2, 0.25) is 0 Å². The van der Waals surface area contributed by atoms with Gasteiger partial charge in [0.15, 0.2) is 5.13 Å². The summed E-state index contributed by atoms with van der Waals surface area (Å²) in [6.45, 7) is 8.01. The normalized spacial score (nSPS) is 10.9. The first-order valence-corrected chi connectivity index (χ1v) is 7.43. The van der Waals surface area contributed by atoms with Crippen LogP contribution in [0.4, 0.5) is 5.13 Å². The van der Waals surface area contributed by atoms with Crippen LogP contribution < -0.4 is 10.2 Å². The average Bonchev–Trinajstić information content (AvgIpc) is 3.02. The van der Waals surface area contributed by atoms with Crippen LogP contribution in [0.3, 0.4) is 0 Å². The number of hydrogen-bond donors (Lipinski definition) is 1. The Balaban J connectivity index is 1.85. The second kappa shape index (κ2) is 6.68. The first kappa shape index (κ1) is 14.0. The van der Waals surface area contributed by atoms with Gasteiger partial charge in [0.25, 0.3) is 0 Å². The van der Waals surface area contributed by atoms with Crippen LogP contribution in [-0.2, 0) is 20.1 Å². The number of rotatable bonds is 7. The van der Waals surface area contributed by atoms with Gasteiger partial charge in [-0.15, -0.1) is 11.3 Å². The molecule has 0 unspecified atom stereocenters. The summed E-state index contributed by atoms with van der Waals surface area (Å²) in [7, 11) is 1.96. The molecule has 0 amide bonds. The lowest BCUT2D eigenvalue weighted by Gasteiger charge is -2.16. The predicted molar refractivity (Wildman–Crippen MR) is 79.4 cm³/mol. The molecule has 0 radical (unpaired) electrons. The fourth-order valence-corrected chi connectivity index (χ4v) is 2.91. The van der Waals surface area contributed by atoms with E-state index in [1.165, 1.54) is 10.6 Å². The summed E-state index contributed by atoms with van der Waals surface area (Å²) in [5, 5.41) is 8.69. The van der Waals surface area contributed by atoms with Crippen molar-refractivity contribution >= 4 is 16.5 Å². The summed E-state index contributed by atoms with van der Waals surface area (Å²) in [6, 6.07) is 2.03. The Hall–Kier alpha value is -1.40. The second-order valence-corrected chi connectivity index (χ2v) is 5.42. The molecule has 2 rings (SSSR count). The molecule has 0 atom stereocenters. The zero-order valence-electron chi connectivity index (χ0n) is 11.8. The molecular formula is C13H21N5S. The van der Waals surface area contributed by atoms with E-state index in [0.717, 1.165) is 31.3 Å². The van der Waals surface area contributed by atoms with Crippen LogP contribution in [0, 0.1) is 0 Å². The van der Waals surface area contributed by atoms with Crippen molar-refractivity contribution in [1.29, 1.82) is 0 Å². The van der Waals surface area contributed by atoms with E-state index >= 15 is 0 Å². The fourth-order valence-electron chi connectivity index (χ4n) is 1.91. The highest BCUT2D eigenvalue weighted by molar-refractivity contribution is 7.15. The Morgan fingerprint density at radius 3 is 2.74 bits per heavy atom. The fraction of sp³-hybridized carbons (Fsp3) is 0.538.